The molecule has 3 N–H and O–H groups in total. The maximum atomic E-state index is 12.0. The molecular weight excluding hydrogens is 248 g/mol. The highest BCUT2D eigenvalue weighted by Crippen LogP contribution is 2.40. The normalized spacial score (nSPS) is 30.5. The second kappa shape index (κ2) is 4.94. The number of rotatable bonds is 4. The molecule has 6 nitrogen and oxygen atoms in total. The van der Waals surface area contributed by atoms with E-state index in [-0.39, 0.29) is 24.5 Å². The third kappa shape index (κ3) is 2.64. The van der Waals surface area contributed by atoms with Gasteiger partial charge in [-0.15, -0.1) is 0 Å². The van der Waals surface area contributed by atoms with E-state index < -0.39 is 6.10 Å². The van der Waals surface area contributed by atoms with Crippen LogP contribution in [0, 0.1) is 5.92 Å². The summed E-state index contributed by atoms with van der Waals surface area (Å²) in [6, 6.07) is 1.59. The van der Waals surface area contributed by atoms with Gasteiger partial charge < -0.3 is 20.1 Å². The van der Waals surface area contributed by atoms with Crippen LogP contribution in [0.4, 0.5) is 0 Å². The molecule has 0 aromatic carbocycles. The summed E-state index contributed by atoms with van der Waals surface area (Å²) in [6.07, 6.45) is 2.72. The van der Waals surface area contributed by atoms with Crippen LogP contribution >= 0.6 is 0 Å². The van der Waals surface area contributed by atoms with E-state index in [2.05, 4.69) is 10.5 Å². The van der Waals surface area contributed by atoms with Gasteiger partial charge in [0.2, 0.25) is 0 Å². The predicted octanol–water partition coefficient (Wildman–Crippen LogP) is 0.414. The Kier molecular flexibility index (Phi) is 3.28. The molecule has 2 aliphatic rings. The molecule has 3 rings (SSSR count). The van der Waals surface area contributed by atoms with Gasteiger partial charge >= 0.3 is 0 Å². The van der Waals surface area contributed by atoms with Crippen LogP contribution in [0.25, 0.3) is 0 Å². The number of amides is 1. The largest absolute Gasteiger partial charge is 0.396 e. The Morgan fingerprint density at radius 2 is 2.26 bits per heavy atom. The van der Waals surface area contributed by atoms with E-state index in [0.717, 1.165) is 18.6 Å². The Balaban J connectivity index is 1.58. The van der Waals surface area contributed by atoms with E-state index in [0.29, 0.717) is 24.5 Å². The van der Waals surface area contributed by atoms with E-state index >= 15 is 0 Å². The molecule has 1 heterocycles. The molecule has 2 fully saturated rings. The van der Waals surface area contributed by atoms with Gasteiger partial charge in [0, 0.05) is 30.6 Å². The van der Waals surface area contributed by atoms with Crippen molar-refractivity contribution in [3.63, 3.8) is 0 Å². The van der Waals surface area contributed by atoms with Crippen molar-refractivity contribution < 1.29 is 19.5 Å². The fraction of sp³-hybridized carbons (Fsp3) is 0.692. The lowest BCUT2D eigenvalue weighted by Crippen LogP contribution is -2.33. The summed E-state index contributed by atoms with van der Waals surface area (Å²) in [5.41, 5.74) is 0.295. The first-order valence-electron chi connectivity index (χ1n) is 6.73. The van der Waals surface area contributed by atoms with Crippen molar-refractivity contribution in [1.82, 2.24) is 10.5 Å². The zero-order valence-corrected chi connectivity index (χ0v) is 10.6. The minimum atomic E-state index is -0.547. The van der Waals surface area contributed by atoms with Crippen LogP contribution < -0.4 is 5.32 Å². The summed E-state index contributed by atoms with van der Waals surface area (Å²) in [5.74, 6) is 0.794. The molecule has 3 atom stereocenters. The average Bonchev–Trinajstić information content (AvgIpc) is 3.01. The lowest BCUT2D eigenvalue weighted by atomic mass is 10.1. The molecule has 104 valence electrons. The monoisotopic (exact) mass is 266 g/mol. The summed E-state index contributed by atoms with van der Waals surface area (Å²) in [5, 5.41) is 25.4. The fourth-order valence-electron chi connectivity index (χ4n) is 2.63. The Morgan fingerprint density at radius 1 is 1.47 bits per heavy atom. The smallest absolute Gasteiger partial charge is 0.273 e. The number of aliphatic hydroxyl groups excluding tert-OH is 2. The van der Waals surface area contributed by atoms with Crippen LogP contribution in [0.15, 0.2) is 10.6 Å². The van der Waals surface area contributed by atoms with E-state index in [1.807, 2.05) is 0 Å². The SMILES string of the molecule is O=C(N[C@@H]1C[C@H](CO)[C@H](O)C1)c1cc(C2CC2)on1. The first-order valence-corrected chi connectivity index (χ1v) is 6.73. The van der Waals surface area contributed by atoms with Gasteiger partial charge in [0.25, 0.3) is 5.91 Å². The number of carbonyl (C=O) groups is 1. The summed E-state index contributed by atoms with van der Waals surface area (Å²) in [4.78, 5) is 12.0. The van der Waals surface area contributed by atoms with Gasteiger partial charge in [-0.05, 0) is 25.7 Å². The van der Waals surface area contributed by atoms with Gasteiger partial charge in [0.05, 0.1) is 6.10 Å². The Hall–Kier alpha value is -1.40. The van der Waals surface area contributed by atoms with Gasteiger partial charge in [-0.1, -0.05) is 5.16 Å². The fourth-order valence-corrected chi connectivity index (χ4v) is 2.63. The van der Waals surface area contributed by atoms with Crippen LogP contribution in [0.3, 0.4) is 0 Å². The van der Waals surface area contributed by atoms with Gasteiger partial charge in [0.1, 0.15) is 5.76 Å². The molecule has 0 unspecified atom stereocenters. The van der Waals surface area contributed by atoms with Gasteiger partial charge in [-0.25, -0.2) is 0 Å². The highest BCUT2D eigenvalue weighted by molar-refractivity contribution is 5.92. The second-order valence-electron chi connectivity index (χ2n) is 5.54. The molecule has 0 radical (unpaired) electrons. The number of carbonyl (C=O) groups excluding carboxylic acids is 1. The Morgan fingerprint density at radius 3 is 2.89 bits per heavy atom. The zero-order chi connectivity index (χ0) is 13.4. The average molecular weight is 266 g/mol. The lowest BCUT2D eigenvalue weighted by molar-refractivity contribution is 0.0902. The van der Waals surface area contributed by atoms with Crippen molar-refractivity contribution >= 4 is 5.91 Å². The van der Waals surface area contributed by atoms with Crippen molar-refractivity contribution in [2.45, 2.75) is 43.7 Å². The molecule has 1 amide bonds. The van der Waals surface area contributed by atoms with E-state index in [1.54, 1.807) is 6.07 Å². The molecule has 6 heteroatoms. The molecule has 2 aliphatic carbocycles. The van der Waals surface area contributed by atoms with Gasteiger partial charge in [-0.3, -0.25) is 4.79 Å². The van der Waals surface area contributed by atoms with Crippen molar-refractivity contribution in [1.29, 1.82) is 0 Å². The molecule has 0 bridgehead atoms. The summed E-state index contributed by atoms with van der Waals surface area (Å²) < 4.78 is 5.14. The number of nitrogens with one attached hydrogen (secondary N) is 1. The minimum Gasteiger partial charge on any atom is -0.396 e. The Bertz CT molecular complexity index is 469. The van der Waals surface area contributed by atoms with Gasteiger partial charge in [0.15, 0.2) is 5.69 Å². The lowest BCUT2D eigenvalue weighted by Gasteiger charge is -2.10. The molecule has 2 saturated carbocycles. The van der Waals surface area contributed by atoms with Crippen LogP contribution in [-0.4, -0.2) is 40.0 Å². The Labute approximate surface area is 110 Å². The van der Waals surface area contributed by atoms with E-state index in [9.17, 15) is 9.90 Å². The maximum Gasteiger partial charge on any atom is 0.273 e. The first-order chi connectivity index (χ1) is 9.17. The number of aromatic nitrogens is 1. The summed E-state index contributed by atoms with van der Waals surface area (Å²) in [7, 11) is 0. The minimum absolute atomic E-state index is 0.0523. The molecule has 0 saturated heterocycles. The highest BCUT2D eigenvalue weighted by Gasteiger charge is 2.34. The first kappa shape index (κ1) is 12.6. The molecule has 0 aliphatic heterocycles. The third-order valence-corrected chi connectivity index (χ3v) is 3.97. The van der Waals surface area contributed by atoms with E-state index in [4.69, 9.17) is 9.63 Å². The maximum absolute atomic E-state index is 12.0. The van der Waals surface area contributed by atoms with Crippen LogP contribution in [-0.2, 0) is 0 Å². The highest BCUT2D eigenvalue weighted by atomic mass is 16.5. The van der Waals surface area contributed by atoms with Crippen LogP contribution in [0.5, 0.6) is 0 Å². The molecule has 1 aromatic heterocycles. The van der Waals surface area contributed by atoms with Crippen molar-refractivity contribution in [2.24, 2.45) is 5.92 Å². The number of hydrogen-bond donors (Lipinski definition) is 3. The molecule has 0 spiro atoms. The van der Waals surface area contributed by atoms with Crippen LogP contribution in [0.1, 0.15) is 47.8 Å². The van der Waals surface area contributed by atoms with Crippen molar-refractivity contribution in [2.75, 3.05) is 6.61 Å². The predicted molar refractivity (Wildman–Crippen MR) is 65.5 cm³/mol. The molecule has 1 aromatic rings. The molecule has 19 heavy (non-hydrogen) atoms. The standard InChI is InChI=1S/C13H18N2O4/c16-6-8-3-9(4-11(8)17)14-13(18)10-5-12(19-15-10)7-1-2-7/h5,7-9,11,16-17H,1-4,6H2,(H,14,18)/t8-,9-,11-/m1/s1. The molecular formula is C13H18N2O4. The quantitative estimate of drug-likeness (QED) is 0.733. The number of hydrogen-bond acceptors (Lipinski definition) is 5. The van der Waals surface area contributed by atoms with Crippen molar-refractivity contribution in [3.05, 3.63) is 17.5 Å². The van der Waals surface area contributed by atoms with Crippen LogP contribution in [0.2, 0.25) is 0 Å². The third-order valence-electron chi connectivity index (χ3n) is 3.97. The second-order valence-corrected chi connectivity index (χ2v) is 5.54. The zero-order valence-electron chi connectivity index (χ0n) is 10.6. The summed E-state index contributed by atoms with van der Waals surface area (Å²) in [6.45, 7) is -0.0523. The summed E-state index contributed by atoms with van der Waals surface area (Å²) >= 11 is 0. The van der Waals surface area contributed by atoms with Crippen molar-refractivity contribution in [3.8, 4) is 0 Å². The van der Waals surface area contributed by atoms with E-state index in [1.165, 1.54) is 0 Å². The topological polar surface area (TPSA) is 95.6 Å². The van der Waals surface area contributed by atoms with Gasteiger partial charge in [-0.2, -0.15) is 0 Å². The number of nitrogens with zero attached hydrogens (tertiary/aromatic N) is 1. The number of aliphatic hydroxyl groups is 2.